The largest absolute Gasteiger partial charge is 0.494 e. The van der Waals surface area contributed by atoms with E-state index in [9.17, 15) is 19.5 Å². The van der Waals surface area contributed by atoms with E-state index < -0.39 is 18.0 Å². The summed E-state index contributed by atoms with van der Waals surface area (Å²) in [5.41, 5.74) is 1.34. The number of nitrogens with zero attached hydrogens (tertiary/aromatic N) is 1. The van der Waals surface area contributed by atoms with Crippen LogP contribution in [0.4, 0.5) is 11.4 Å². The number of hydrogen-bond acceptors (Lipinski definition) is 6. The van der Waals surface area contributed by atoms with E-state index >= 15 is 0 Å². The zero-order valence-corrected chi connectivity index (χ0v) is 18.7. The van der Waals surface area contributed by atoms with Crippen LogP contribution in [-0.2, 0) is 9.59 Å². The van der Waals surface area contributed by atoms with E-state index in [4.69, 9.17) is 14.6 Å². The quantitative estimate of drug-likeness (QED) is 0.317. The van der Waals surface area contributed by atoms with Crippen LogP contribution in [0.2, 0.25) is 0 Å². The Balaban J connectivity index is 1.74. The predicted molar refractivity (Wildman–Crippen MR) is 127 cm³/mol. The maximum Gasteiger partial charge on any atom is 0.346 e. The van der Waals surface area contributed by atoms with E-state index in [2.05, 4.69) is 11.9 Å². The normalized spacial score (nSPS) is 14.5. The molecule has 180 valence electrons. The number of amides is 1. The Morgan fingerprint density at radius 1 is 1.15 bits per heavy atom. The first kappa shape index (κ1) is 24.6. The van der Waals surface area contributed by atoms with E-state index in [0.717, 1.165) is 12.8 Å². The van der Waals surface area contributed by atoms with Crippen LogP contribution < -0.4 is 19.7 Å². The summed E-state index contributed by atoms with van der Waals surface area (Å²) < 4.78 is 11.3. The first-order valence-electron chi connectivity index (χ1n) is 11.0. The Bertz CT molecular complexity index is 1040. The van der Waals surface area contributed by atoms with E-state index in [1.54, 1.807) is 47.4 Å². The summed E-state index contributed by atoms with van der Waals surface area (Å²) in [6.07, 6.45) is 2.72. The van der Waals surface area contributed by atoms with Crippen molar-refractivity contribution in [2.45, 2.75) is 31.8 Å². The van der Waals surface area contributed by atoms with Gasteiger partial charge in [-0.25, -0.2) is 4.79 Å². The number of anilines is 2. The lowest BCUT2D eigenvalue weighted by molar-refractivity contribution is -0.145. The van der Waals surface area contributed by atoms with Crippen LogP contribution in [0.5, 0.6) is 11.5 Å². The lowest BCUT2D eigenvalue weighted by Crippen LogP contribution is -2.45. The van der Waals surface area contributed by atoms with Gasteiger partial charge in [-0.15, -0.1) is 6.58 Å². The molecule has 0 aliphatic carbocycles. The van der Waals surface area contributed by atoms with Crippen LogP contribution in [0.1, 0.15) is 36.0 Å². The lowest BCUT2D eigenvalue weighted by atomic mass is 10.1. The minimum atomic E-state index is -1.15. The molecular weight excluding hydrogens is 440 g/mol. The van der Waals surface area contributed by atoms with Crippen LogP contribution in [0.3, 0.4) is 0 Å². The smallest absolute Gasteiger partial charge is 0.346 e. The number of unbranched alkanes of at least 4 members (excludes halogenated alkanes) is 1. The van der Waals surface area contributed by atoms with Gasteiger partial charge < -0.3 is 29.9 Å². The highest BCUT2D eigenvalue weighted by Crippen LogP contribution is 2.40. The number of carbonyl (C=O) groups is 3. The fraction of sp³-hybridized carbons (Fsp3) is 0.320. The predicted octanol–water partition coefficient (Wildman–Crippen LogP) is 3.80. The Morgan fingerprint density at radius 2 is 1.91 bits per heavy atom. The van der Waals surface area contributed by atoms with Crippen LogP contribution >= 0.6 is 0 Å². The molecule has 1 aliphatic rings. The van der Waals surface area contributed by atoms with Crippen molar-refractivity contribution in [3.63, 3.8) is 0 Å². The highest BCUT2D eigenvalue weighted by Gasteiger charge is 2.32. The number of carbonyl (C=O) groups excluding carboxylic acids is 1. The van der Waals surface area contributed by atoms with Crippen molar-refractivity contribution in [3.8, 4) is 11.5 Å². The van der Waals surface area contributed by atoms with Crippen LogP contribution in [0.25, 0.3) is 0 Å². The SMILES string of the molecule is C=CCCCOc1ccc(C(=O)Nc2cccc3c2OC(C(=O)O)CN3CCCC(=O)O)cc1. The van der Waals surface area contributed by atoms with Crippen LogP contribution in [-0.4, -0.2) is 53.9 Å². The summed E-state index contributed by atoms with van der Waals surface area (Å²) in [5.74, 6) is -1.55. The van der Waals surface area contributed by atoms with Gasteiger partial charge in [-0.1, -0.05) is 12.1 Å². The molecule has 1 heterocycles. The number of hydrogen-bond donors (Lipinski definition) is 3. The standard InChI is InChI=1S/C25H28N2O7/c1-2-3-4-15-33-18-12-10-17(11-13-18)24(30)26-19-7-5-8-20-23(19)34-21(25(31)32)16-27(20)14-6-9-22(28)29/h2,5,7-8,10-13,21H,1,3-4,6,9,14-16H2,(H,26,30)(H,28,29)(H,31,32). The Labute approximate surface area is 197 Å². The van der Waals surface area contributed by atoms with Crippen molar-refractivity contribution < 1.29 is 34.1 Å². The van der Waals surface area contributed by atoms with Gasteiger partial charge in [-0.3, -0.25) is 9.59 Å². The molecule has 0 bridgehead atoms. The van der Waals surface area contributed by atoms with Crippen molar-refractivity contribution in [2.75, 3.05) is 29.9 Å². The molecule has 3 N–H and O–H groups in total. The van der Waals surface area contributed by atoms with Crippen LogP contribution in [0, 0.1) is 0 Å². The van der Waals surface area contributed by atoms with E-state index in [1.807, 2.05) is 6.08 Å². The summed E-state index contributed by atoms with van der Waals surface area (Å²) in [6, 6.07) is 11.8. The summed E-state index contributed by atoms with van der Waals surface area (Å²) in [7, 11) is 0. The number of allylic oxidation sites excluding steroid dienone is 1. The highest BCUT2D eigenvalue weighted by atomic mass is 16.5. The maximum atomic E-state index is 12.8. The molecule has 9 nitrogen and oxygen atoms in total. The molecule has 2 aromatic rings. The second-order valence-electron chi connectivity index (χ2n) is 7.80. The minimum absolute atomic E-state index is 0.0329. The molecule has 0 fully saturated rings. The lowest BCUT2D eigenvalue weighted by Gasteiger charge is -2.35. The summed E-state index contributed by atoms with van der Waals surface area (Å²) in [5, 5.41) is 21.2. The van der Waals surface area contributed by atoms with Gasteiger partial charge >= 0.3 is 11.9 Å². The van der Waals surface area contributed by atoms with Crippen molar-refractivity contribution in [3.05, 3.63) is 60.7 Å². The number of para-hydroxylation sites is 1. The second-order valence-corrected chi connectivity index (χ2v) is 7.80. The average Bonchev–Trinajstić information content (AvgIpc) is 2.82. The number of carboxylic acids is 2. The number of benzene rings is 2. The van der Waals surface area contributed by atoms with Gasteiger partial charge in [0, 0.05) is 18.5 Å². The molecule has 2 aromatic carbocycles. The van der Waals surface area contributed by atoms with Gasteiger partial charge in [0.25, 0.3) is 5.91 Å². The van der Waals surface area contributed by atoms with Crippen molar-refractivity contribution >= 4 is 29.2 Å². The Kier molecular flexibility index (Phi) is 8.50. The van der Waals surface area contributed by atoms with Gasteiger partial charge in [0.05, 0.1) is 24.5 Å². The maximum absolute atomic E-state index is 12.8. The molecule has 0 radical (unpaired) electrons. The summed E-state index contributed by atoms with van der Waals surface area (Å²) >= 11 is 0. The number of nitrogens with one attached hydrogen (secondary N) is 1. The third kappa shape index (κ3) is 6.50. The zero-order valence-electron chi connectivity index (χ0n) is 18.7. The van der Waals surface area contributed by atoms with E-state index in [1.165, 1.54) is 0 Å². The molecule has 0 spiro atoms. The first-order chi connectivity index (χ1) is 16.4. The summed E-state index contributed by atoms with van der Waals surface area (Å²) in [6.45, 7) is 4.65. The van der Waals surface area contributed by atoms with Crippen molar-refractivity contribution in [1.29, 1.82) is 0 Å². The molecule has 9 heteroatoms. The third-order valence-electron chi connectivity index (χ3n) is 5.26. The zero-order chi connectivity index (χ0) is 24.5. The molecule has 1 atom stereocenters. The number of ether oxygens (including phenoxy) is 2. The first-order valence-corrected chi connectivity index (χ1v) is 11.0. The number of fused-ring (bicyclic) bond motifs is 1. The van der Waals surface area contributed by atoms with Gasteiger partial charge in [0.1, 0.15) is 5.75 Å². The van der Waals surface area contributed by atoms with Crippen LogP contribution in [0.15, 0.2) is 55.1 Å². The molecule has 1 aliphatic heterocycles. The summed E-state index contributed by atoms with van der Waals surface area (Å²) in [4.78, 5) is 37.1. The second kappa shape index (κ2) is 11.7. The van der Waals surface area contributed by atoms with Gasteiger partial charge in [-0.2, -0.15) is 0 Å². The fourth-order valence-corrected chi connectivity index (χ4v) is 3.55. The Hall–Kier alpha value is -4.01. The monoisotopic (exact) mass is 468 g/mol. The fourth-order valence-electron chi connectivity index (χ4n) is 3.55. The topological polar surface area (TPSA) is 125 Å². The van der Waals surface area contributed by atoms with Gasteiger partial charge in [0.2, 0.25) is 6.10 Å². The number of rotatable bonds is 12. The third-order valence-corrected chi connectivity index (χ3v) is 5.26. The highest BCUT2D eigenvalue weighted by molar-refractivity contribution is 6.05. The molecular formula is C25H28N2O7. The molecule has 0 saturated carbocycles. The van der Waals surface area contributed by atoms with Crippen molar-refractivity contribution in [1.82, 2.24) is 0 Å². The van der Waals surface area contributed by atoms with E-state index in [-0.39, 0.29) is 24.6 Å². The Morgan fingerprint density at radius 3 is 2.59 bits per heavy atom. The number of carboxylic acid groups (broad SMARTS) is 2. The van der Waals surface area contributed by atoms with E-state index in [0.29, 0.717) is 42.3 Å². The molecule has 34 heavy (non-hydrogen) atoms. The van der Waals surface area contributed by atoms with Gasteiger partial charge in [0.15, 0.2) is 5.75 Å². The minimum Gasteiger partial charge on any atom is -0.494 e. The molecule has 3 rings (SSSR count). The van der Waals surface area contributed by atoms with Crippen molar-refractivity contribution in [2.24, 2.45) is 0 Å². The molecule has 0 saturated heterocycles. The molecule has 1 amide bonds. The molecule has 1 unspecified atom stereocenters. The molecule has 0 aromatic heterocycles. The number of aliphatic carboxylic acids is 2. The van der Waals surface area contributed by atoms with Gasteiger partial charge in [-0.05, 0) is 55.7 Å². The average molecular weight is 469 g/mol.